The molecule has 2 nitrogen and oxygen atoms in total. The van der Waals surface area contributed by atoms with E-state index < -0.39 is 0 Å². The van der Waals surface area contributed by atoms with E-state index in [0.717, 1.165) is 10.5 Å². The minimum atomic E-state index is -0.339. The lowest BCUT2D eigenvalue weighted by atomic mass is 10.1. The Bertz CT molecular complexity index is 823. The number of esters is 1. The molecule has 0 atom stereocenters. The SMILES string of the molecule is CC.CC.CCCCC.Cc1ccc(C(=O)Oc2ccc(Sc3ccccc3)cc2)cc1. The zero-order chi connectivity index (χ0) is 24.2. The number of benzene rings is 3. The number of ether oxygens (including phenoxy) is 1. The monoisotopic (exact) mass is 452 g/mol. The van der Waals surface area contributed by atoms with Gasteiger partial charge < -0.3 is 4.74 Å². The summed E-state index contributed by atoms with van der Waals surface area (Å²) in [6.45, 7) is 14.4. The number of hydrogen-bond acceptors (Lipinski definition) is 3. The van der Waals surface area contributed by atoms with E-state index in [0.29, 0.717) is 11.3 Å². The van der Waals surface area contributed by atoms with E-state index in [1.54, 1.807) is 23.9 Å². The van der Waals surface area contributed by atoms with Crippen LogP contribution in [0.15, 0.2) is 88.7 Å². The first-order valence-corrected chi connectivity index (χ1v) is 12.6. The largest absolute Gasteiger partial charge is 0.423 e. The molecule has 0 bridgehead atoms. The maximum Gasteiger partial charge on any atom is 0.343 e. The van der Waals surface area contributed by atoms with Crippen molar-refractivity contribution in [1.82, 2.24) is 0 Å². The molecule has 0 aliphatic heterocycles. The number of carbonyl (C=O) groups excluding carboxylic acids is 1. The molecular weight excluding hydrogens is 412 g/mol. The van der Waals surface area contributed by atoms with Gasteiger partial charge in [-0.15, -0.1) is 0 Å². The fourth-order valence-corrected chi connectivity index (χ4v) is 3.25. The molecule has 0 fully saturated rings. The summed E-state index contributed by atoms with van der Waals surface area (Å²) in [6, 6.07) is 25.0. The highest BCUT2D eigenvalue weighted by Gasteiger charge is 2.08. The van der Waals surface area contributed by atoms with Crippen LogP contribution >= 0.6 is 11.8 Å². The molecule has 0 radical (unpaired) electrons. The van der Waals surface area contributed by atoms with Crippen LogP contribution in [0.4, 0.5) is 0 Å². The van der Waals surface area contributed by atoms with Crippen molar-refractivity contribution in [1.29, 1.82) is 0 Å². The number of hydrogen-bond donors (Lipinski definition) is 0. The summed E-state index contributed by atoms with van der Waals surface area (Å²) in [7, 11) is 0. The van der Waals surface area contributed by atoms with E-state index in [9.17, 15) is 4.79 Å². The highest BCUT2D eigenvalue weighted by atomic mass is 32.2. The van der Waals surface area contributed by atoms with E-state index in [-0.39, 0.29) is 5.97 Å². The lowest BCUT2D eigenvalue weighted by molar-refractivity contribution is 0.0734. The van der Waals surface area contributed by atoms with Gasteiger partial charge in [0.05, 0.1) is 5.56 Å². The van der Waals surface area contributed by atoms with Gasteiger partial charge in [0.15, 0.2) is 0 Å². The van der Waals surface area contributed by atoms with Crippen LogP contribution in [0.3, 0.4) is 0 Å². The molecule has 0 saturated carbocycles. The van der Waals surface area contributed by atoms with Crippen LogP contribution in [0.2, 0.25) is 0 Å². The summed E-state index contributed by atoms with van der Waals surface area (Å²) in [5.74, 6) is 0.210. The van der Waals surface area contributed by atoms with Crippen molar-refractivity contribution in [2.75, 3.05) is 0 Å². The zero-order valence-corrected chi connectivity index (χ0v) is 21.7. The molecule has 0 unspecified atom stereocenters. The molecule has 0 aliphatic carbocycles. The van der Waals surface area contributed by atoms with Crippen molar-refractivity contribution in [2.45, 2.75) is 77.5 Å². The molecule has 0 spiro atoms. The van der Waals surface area contributed by atoms with Crippen molar-refractivity contribution in [3.8, 4) is 5.75 Å². The van der Waals surface area contributed by atoms with Gasteiger partial charge in [0.25, 0.3) is 0 Å². The van der Waals surface area contributed by atoms with Gasteiger partial charge in [-0.1, -0.05) is 108 Å². The second-order valence-corrected chi connectivity index (χ2v) is 7.64. The Kier molecular flexibility index (Phi) is 17.7. The Morgan fingerprint density at radius 2 is 1.22 bits per heavy atom. The third-order valence-corrected chi connectivity index (χ3v) is 5.02. The molecule has 3 heteroatoms. The van der Waals surface area contributed by atoms with E-state index >= 15 is 0 Å². The molecule has 174 valence electrons. The van der Waals surface area contributed by atoms with E-state index in [1.807, 2.05) is 89.2 Å². The predicted molar refractivity (Wildman–Crippen MR) is 141 cm³/mol. The minimum Gasteiger partial charge on any atom is -0.423 e. The van der Waals surface area contributed by atoms with Crippen LogP contribution < -0.4 is 4.74 Å². The van der Waals surface area contributed by atoms with E-state index in [4.69, 9.17) is 4.74 Å². The van der Waals surface area contributed by atoms with Gasteiger partial charge in [-0.25, -0.2) is 4.79 Å². The van der Waals surface area contributed by atoms with Crippen LogP contribution in [-0.4, -0.2) is 5.97 Å². The number of carbonyl (C=O) groups is 1. The first-order chi connectivity index (χ1) is 15.6. The average molecular weight is 453 g/mol. The summed E-state index contributed by atoms with van der Waals surface area (Å²) in [6.07, 6.45) is 4.08. The molecule has 0 heterocycles. The fourth-order valence-electron chi connectivity index (χ4n) is 2.41. The summed E-state index contributed by atoms with van der Waals surface area (Å²) in [5, 5.41) is 0. The Balaban J connectivity index is 0.000000928. The van der Waals surface area contributed by atoms with Crippen molar-refractivity contribution in [3.63, 3.8) is 0 Å². The van der Waals surface area contributed by atoms with Crippen molar-refractivity contribution in [3.05, 3.63) is 90.0 Å². The van der Waals surface area contributed by atoms with E-state index in [1.165, 1.54) is 24.2 Å². The molecule has 0 saturated heterocycles. The molecule has 3 aromatic rings. The first kappa shape index (κ1) is 29.5. The zero-order valence-electron chi connectivity index (χ0n) is 20.9. The maximum atomic E-state index is 12.1. The third-order valence-electron chi connectivity index (χ3n) is 4.01. The Morgan fingerprint density at radius 1 is 0.719 bits per heavy atom. The number of unbranched alkanes of at least 4 members (excludes halogenated alkanes) is 2. The van der Waals surface area contributed by atoms with Crippen LogP contribution in [-0.2, 0) is 0 Å². The van der Waals surface area contributed by atoms with Gasteiger partial charge in [-0.3, -0.25) is 0 Å². The molecule has 3 rings (SSSR count). The van der Waals surface area contributed by atoms with Crippen molar-refractivity contribution in [2.24, 2.45) is 0 Å². The first-order valence-electron chi connectivity index (χ1n) is 11.7. The number of rotatable bonds is 6. The second-order valence-electron chi connectivity index (χ2n) is 6.50. The van der Waals surface area contributed by atoms with Gasteiger partial charge in [0.1, 0.15) is 5.75 Å². The summed E-state index contributed by atoms with van der Waals surface area (Å²) in [5.41, 5.74) is 1.67. The van der Waals surface area contributed by atoms with Gasteiger partial charge in [-0.2, -0.15) is 0 Å². The highest BCUT2D eigenvalue weighted by molar-refractivity contribution is 7.99. The van der Waals surface area contributed by atoms with Gasteiger partial charge in [0, 0.05) is 9.79 Å². The lowest BCUT2D eigenvalue weighted by Crippen LogP contribution is -2.08. The predicted octanol–water partition coefficient (Wildman–Crippen LogP) is 9.61. The molecule has 0 N–H and O–H groups in total. The average Bonchev–Trinajstić information content (AvgIpc) is 2.85. The number of aryl methyl sites for hydroxylation is 1. The van der Waals surface area contributed by atoms with E-state index in [2.05, 4.69) is 26.0 Å². The van der Waals surface area contributed by atoms with Crippen molar-refractivity contribution >= 4 is 17.7 Å². The van der Waals surface area contributed by atoms with Crippen LogP contribution in [0.5, 0.6) is 5.75 Å². The summed E-state index contributed by atoms with van der Waals surface area (Å²) >= 11 is 1.67. The fraction of sp³-hybridized carbons (Fsp3) is 0.345. The second kappa shape index (κ2) is 19.2. The van der Waals surface area contributed by atoms with Gasteiger partial charge in [0.2, 0.25) is 0 Å². The Morgan fingerprint density at radius 3 is 1.69 bits per heavy atom. The molecule has 32 heavy (non-hydrogen) atoms. The quantitative estimate of drug-likeness (QED) is 0.275. The van der Waals surface area contributed by atoms with Crippen molar-refractivity contribution < 1.29 is 9.53 Å². The molecule has 0 aromatic heterocycles. The highest BCUT2D eigenvalue weighted by Crippen LogP contribution is 2.28. The van der Waals surface area contributed by atoms with Crippen LogP contribution in [0, 0.1) is 6.92 Å². The topological polar surface area (TPSA) is 26.3 Å². The molecule has 0 amide bonds. The minimum absolute atomic E-state index is 0.339. The van der Waals surface area contributed by atoms with Gasteiger partial charge >= 0.3 is 5.97 Å². The van der Waals surface area contributed by atoms with Crippen LogP contribution in [0.1, 0.15) is 76.7 Å². The van der Waals surface area contributed by atoms with Gasteiger partial charge in [-0.05, 0) is 55.5 Å². The lowest BCUT2D eigenvalue weighted by Gasteiger charge is -2.06. The molecule has 0 aliphatic rings. The third kappa shape index (κ3) is 12.4. The Labute approximate surface area is 200 Å². The molecule has 3 aromatic carbocycles. The summed E-state index contributed by atoms with van der Waals surface area (Å²) < 4.78 is 5.40. The standard InChI is InChI=1S/C20H16O2S.C5H12.2C2H6/c1-15-7-9-16(10-8-15)20(21)22-17-11-13-19(14-12-17)23-18-5-3-2-4-6-18;1-3-5-4-2;2*1-2/h2-14H,1H3;3-5H2,1-2H3;2*1-2H3. The molecular formula is C29H40O2S. The van der Waals surface area contributed by atoms with Crippen LogP contribution in [0.25, 0.3) is 0 Å². The normalized spacial score (nSPS) is 9.09. The summed E-state index contributed by atoms with van der Waals surface area (Å²) in [4.78, 5) is 14.4. The smallest absolute Gasteiger partial charge is 0.343 e. The maximum absolute atomic E-state index is 12.1. The Hall–Kier alpha value is -2.52.